The van der Waals surface area contributed by atoms with E-state index in [1.165, 1.54) is 6.07 Å². The predicted octanol–water partition coefficient (Wildman–Crippen LogP) is 3.56. The predicted molar refractivity (Wildman–Crippen MR) is 111 cm³/mol. The molecule has 1 aromatic heterocycles. The van der Waals surface area contributed by atoms with Gasteiger partial charge in [-0.05, 0) is 37.1 Å². The fraction of sp³-hybridized carbons (Fsp3) is 0.333. The fourth-order valence-corrected chi connectivity index (χ4v) is 3.89. The maximum absolute atomic E-state index is 12.9. The molecule has 1 amide bonds. The lowest BCUT2D eigenvalue weighted by molar-refractivity contribution is -0.384. The first-order valence-electron chi connectivity index (χ1n) is 9.63. The number of carbonyl (C=O) groups is 1. The number of hydrogen-bond donors (Lipinski definition) is 1. The zero-order valence-electron chi connectivity index (χ0n) is 16.5. The summed E-state index contributed by atoms with van der Waals surface area (Å²) in [6.07, 6.45) is 1.62. The summed E-state index contributed by atoms with van der Waals surface area (Å²) in [6.45, 7) is 1.20. The molecule has 29 heavy (non-hydrogen) atoms. The van der Waals surface area contributed by atoms with Crippen LogP contribution in [0.4, 0.5) is 11.4 Å². The van der Waals surface area contributed by atoms with Crippen LogP contribution in [0.15, 0.2) is 42.5 Å². The van der Waals surface area contributed by atoms with Crippen molar-refractivity contribution in [3.63, 3.8) is 0 Å². The van der Waals surface area contributed by atoms with E-state index >= 15 is 0 Å². The number of H-pyrrole nitrogens is 1. The minimum absolute atomic E-state index is 0.0574. The number of anilines is 1. The van der Waals surface area contributed by atoms with Crippen molar-refractivity contribution in [1.29, 1.82) is 0 Å². The van der Waals surface area contributed by atoms with Crippen LogP contribution < -0.4 is 4.90 Å². The number of para-hydroxylation sites is 2. The maximum Gasteiger partial charge on any atom is 0.293 e. The fourth-order valence-electron chi connectivity index (χ4n) is 3.89. The van der Waals surface area contributed by atoms with E-state index in [1.54, 1.807) is 36.0 Å². The molecule has 1 aliphatic heterocycles. The van der Waals surface area contributed by atoms with Gasteiger partial charge in [0.15, 0.2) is 0 Å². The average Bonchev–Trinajstić information content (AvgIpc) is 3.17. The summed E-state index contributed by atoms with van der Waals surface area (Å²) in [4.78, 5) is 35.4. The zero-order valence-corrected chi connectivity index (χ0v) is 16.5. The molecule has 0 aliphatic carbocycles. The van der Waals surface area contributed by atoms with E-state index < -0.39 is 4.92 Å². The van der Waals surface area contributed by atoms with E-state index in [9.17, 15) is 14.9 Å². The maximum atomic E-state index is 12.9. The topological polar surface area (TPSA) is 95.4 Å². The number of hydrogen-bond acceptors (Lipinski definition) is 5. The lowest BCUT2D eigenvalue weighted by Gasteiger charge is -2.31. The van der Waals surface area contributed by atoms with Gasteiger partial charge in [0.1, 0.15) is 11.5 Å². The number of piperidine rings is 1. The van der Waals surface area contributed by atoms with Crippen molar-refractivity contribution in [2.75, 3.05) is 32.1 Å². The minimum Gasteiger partial charge on any atom is -0.372 e. The van der Waals surface area contributed by atoms with E-state index in [4.69, 9.17) is 0 Å². The SMILES string of the molecule is CN(C)c1ccc(C(=O)N2CCC(c3nc4ccccc4[nH]3)CC2)cc1[N+](=O)[O-]. The molecule has 8 heteroatoms. The Morgan fingerprint density at radius 1 is 1.21 bits per heavy atom. The molecule has 0 spiro atoms. The third-order valence-corrected chi connectivity index (χ3v) is 5.48. The quantitative estimate of drug-likeness (QED) is 0.540. The highest BCUT2D eigenvalue weighted by atomic mass is 16.6. The van der Waals surface area contributed by atoms with Crippen LogP contribution in [0.5, 0.6) is 0 Å². The van der Waals surface area contributed by atoms with E-state index in [2.05, 4.69) is 9.97 Å². The Labute approximate surface area is 168 Å². The number of nitrogens with zero attached hydrogens (tertiary/aromatic N) is 4. The lowest BCUT2D eigenvalue weighted by Crippen LogP contribution is -2.38. The van der Waals surface area contributed by atoms with E-state index in [1.807, 2.05) is 24.3 Å². The van der Waals surface area contributed by atoms with Gasteiger partial charge in [-0.3, -0.25) is 14.9 Å². The van der Waals surface area contributed by atoms with Gasteiger partial charge in [-0.15, -0.1) is 0 Å². The van der Waals surface area contributed by atoms with Crippen LogP contribution >= 0.6 is 0 Å². The molecule has 2 heterocycles. The number of carbonyl (C=O) groups excluding carboxylic acids is 1. The van der Waals surface area contributed by atoms with E-state index in [0.717, 1.165) is 29.7 Å². The van der Waals surface area contributed by atoms with Crippen molar-refractivity contribution in [2.24, 2.45) is 0 Å². The smallest absolute Gasteiger partial charge is 0.293 e. The van der Waals surface area contributed by atoms with Crippen molar-refractivity contribution < 1.29 is 9.72 Å². The molecular formula is C21H23N5O3. The normalized spacial score (nSPS) is 14.9. The van der Waals surface area contributed by atoms with Gasteiger partial charge in [-0.2, -0.15) is 0 Å². The highest BCUT2D eigenvalue weighted by Gasteiger charge is 2.28. The molecular weight excluding hydrogens is 370 g/mol. The Balaban J connectivity index is 1.47. The molecule has 1 N–H and O–H groups in total. The Hall–Kier alpha value is -3.42. The molecule has 0 saturated carbocycles. The molecule has 0 bridgehead atoms. The summed E-state index contributed by atoms with van der Waals surface area (Å²) in [5, 5.41) is 11.4. The second kappa shape index (κ2) is 7.54. The molecule has 8 nitrogen and oxygen atoms in total. The first-order chi connectivity index (χ1) is 13.9. The molecule has 1 fully saturated rings. The monoisotopic (exact) mass is 393 g/mol. The zero-order chi connectivity index (χ0) is 20.5. The van der Waals surface area contributed by atoms with Crippen LogP contribution in [0.2, 0.25) is 0 Å². The summed E-state index contributed by atoms with van der Waals surface area (Å²) < 4.78 is 0. The summed E-state index contributed by atoms with van der Waals surface area (Å²) in [6, 6.07) is 12.6. The van der Waals surface area contributed by atoms with Crippen molar-refractivity contribution in [2.45, 2.75) is 18.8 Å². The number of fused-ring (bicyclic) bond motifs is 1. The molecule has 0 atom stereocenters. The standard InChI is InChI=1S/C21H23N5O3/c1-24(2)18-8-7-15(13-19(18)26(28)29)21(27)25-11-9-14(10-12-25)20-22-16-5-3-4-6-17(16)23-20/h3-8,13-14H,9-12H2,1-2H3,(H,22,23). The van der Waals surface area contributed by atoms with Crippen molar-refractivity contribution in [1.82, 2.24) is 14.9 Å². The molecule has 0 unspecified atom stereocenters. The number of rotatable bonds is 4. The Morgan fingerprint density at radius 3 is 2.59 bits per heavy atom. The Kier molecular flexibility index (Phi) is 4.92. The second-order valence-electron chi connectivity index (χ2n) is 7.56. The van der Waals surface area contributed by atoms with Gasteiger partial charge in [0.05, 0.1) is 16.0 Å². The van der Waals surface area contributed by atoms with Crippen LogP contribution in [-0.2, 0) is 0 Å². The average molecular weight is 393 g/mol. The number of nitrogens with one attached hydrogen (secondary N) is 1. The summed E-state index contributed by atoms with van der Waals surface area (Å²) in [5.41, 5.74) is 2.75. The second-order valence-corrected chi connectivity index (χ2v) is 7.56. The number of likely N-dealkylation sites (tertiary alicyclic amines) is 1. The van der Waals surface area contributed by atoms with E-state index in [-0.39, 0.29) is 17.5 Å². The Bertz CT molecular complexity index is 1030. The number of amides is 1. The van der Waals surface area contributed by atoms with Crippen LogP contribution in [-0.4, -0.2) is 52.9 Å². The minimum atomic E-state index is -0.445. The number of aromatic amines is 1. The first-order valence-corrected chi connectivity index (χ1v) is 9.63. The highest BCUT2D eigenvalue weighted by molar-refractivity contribution is 5.96. The molecule has 1 aliphatic rings. The molecule has 2 aromatic carbocycles. The number of aromatic nitrogens is 2. The molecule has 4 rings (SSSR count). The first kappa shape index (κ1) is 18.9. The molecule has 3 aromatic rings. The number of nitro benzene ring substituents is 1. The number of imidazole rings is 1. The number of benzene rings is 2. The van der Waals surface area contributed by atoms with Gasteiger partial charge in [-0.25, -0.2) is 4.98 Å². The third kappa shape index (κ3) is 3.65. The van der Waals surface area contributed by atoms with Crippen molar-refractivity contribution in [3.8, 4) is 0 Å². The largest absolute Gasteiger partial charge is 0.372 e. The van der Waals surface area contributed by atoms with Crippen LogP contribution in [0.3, 0.4) is 0 Å². The van der Waals surface area contributed by atoms with Gasteiger partial charge in [-0.1, -0.05) is 12.1 Å². The van der Waals surface area contributed by atoms with Crippen molar-refractivity contribution in [3.05, 3.63) is 64.0 Å². The Morgan fingerprint density at radius 2 is 1.93 bits per heavy atom. The van der Waals surface area contributed by atoms with Gasteiger partial charge in [0.2, 0.25) is 0 Å². The third-order valence-electron chi connectivity index (χ3n) is 5.48. The highest BCUT2D eigenvalue weighted by Crippen LogP contribution is 2.31. The lowest BCUT2D eigenvalue weighted by atomic mass is 9.95. The summed E-state index contributed by atoms with van der Waals surface area (Å²) in [7, 11) is 3.49. The van der Waals surface area contributed by atoms with Gasteiger partial charge in [0, 0.05) is 44.7 Å². The summed E-state index contributed by atoms with van der Waals surface area (Å²) in [5.74, 6) is 1.07. The van der Waals surface area contributed by atoms with Crippen molar-refractivity contribution >= 4 is 28.3 Å². The van der Waals surface area contributed by atoms with Crippen LogP contribution in [0.1, 0.15) is 34.9 Å². The van der Waals surface area contributed by atoms with E-state index in [0.29, 0.717) is 24.3 Å². The number of nitro groups is 1. The van der Waals surface area contributed by atoms with Gasteiger partial charge < -0.3 is 14.8 Å². The van der Waals surface area contributed by atoms with Crippen LogP contribution in [0.25, 0.3) is 11.0 Å². The molecule has 150 valence electrons. The van der Waals surface area contributed by atoms with Crippen LogP contribution in [0, 0.1) is 10.1 Å². The molecule has 0 radical (unpaired) electrons. The molecule has 1 saturated heterocycles. The summed E-state index contributed by atoms with van der Waals surface area (Å²) >= 11 is 0. The van der Waals surface area contributed by atoms with Gasteiger partial charge in [0.25, 0.3) is 11.6 Å². The van der Waals surface area contributed by atoms with Gasteiger partial charge >= 0.3 is 0 Å².